The predicted octanol–water partition coefficient (Wildman–Crippen LogP) is 7.70. The molecule has 1 aromatic heterocycles. The molecule has 0 unspecified atom stereocenters. The van der Waals surface area contributed by atoms with Gasteiger partial charge in [0.05, 0.1) is 18.3 Å². The van der Waals surface area contributed by atoms with Gasteiger partial charge in [-0.3, -0.25) is 0 Å². The van der Waals surface area contributed by atoms with Crippen molar-refractivity contribution in [3.63, 3.8) is 0 Å². The van der Waals surface area contributed by atoms with E-state index in [2.05, 4.69) is 72.4 Å². The summed E-state index contributed by atoms with van der Waals surface area (Å²) in [5.74, 6) is 0.446. The number of rotatable bonds is 3. The Labute approximate surface area is 205 Å². The Hall–Kier alpha value is -3.50. The van der Waals surface area contributed by atoms with Crippen molar-refractivity contribution in [3.05, 3.63) is 118 Å². The summed E-state index contributed by atoms with van der Waals surface area (Å²) in [5, 5.41) is 3.72. The fourth-order valence-corrected chi connectivity index (χ4v) is 4.80. The quantitative estimate of drug-likeness (QED) is 0.328. The zero-order valence-corrected chi connectivity index (χ0v) is 20.4. The van der Waals surface area contributed by atoms with Crippen molar-refractivity contribution < 1.29 is 4.79 Å². The molecule has 2 amide bonds. The third-order valence-corrected chi connectivity index (χ3v) is 6.97. The molecule has 4 nitrogen and oxygen atoms in total. The van der Waals surface area contributed by atoms with Crippen LogP contribution in [0.3, 0.4) is 0 Å². The summed E-state index contributed by atoms with van der Waals surface area (Å²) in [4.78, 5) is 15.7. The highest BCUT2D eigenvalue weighted by Crippen LogP contribution is 2.37. The van der Waals surface area contributed by atoms with Gasteiger partial charge in [-0.2, -0.15) is 0 Å². The van der Waals surface area contributed by atoms with Crippen LogP contribution in [0, 0.1) is 6.92 Å². The number of hydrogen-bond donors (Lipinski definition) is 1. The van der Waals surface area contributed by atoms with Crippen LogP contribution in [0.15, 0.2) is 85.1 Å². The van der Waals surface area contributed by atoms with Gasteiger partial charge < -0.3 is 14.8 Å². The van der Waals surface area contributed by atoms with Gasteiger partial charge in [-0.25, -0.2) is 4.79 Å². The van der Waals surface area contributed by atoms with Crippen molar-refractivity contribution in [1.29, 1.82) is 0 Å². The molecule has 172 valence electrons. The molecule has 1 atom stereocenters. The first-order chi connectivity index (χ1) is 16.4. The summed E-state index contributed by atoms with van der Waals surface area (Å²) in [6, 6.07) is 26.2. The molecular formula is C29H28ClN3O. The lowest BCUT2D eigenvalue weighted by Crippen LogP contribution is -2.37. The van der Waals surface area contributed by atoms with Crippen molar-refractivity contribution in [2.45, 2.75) is 39.3 Å². The van der Waals surface area contributed by atoms with Crippen LogP contribution in [-0.4, -0.2) is 15.5 Å². The number of benzene rings is 3. The number of amides is 2. The van der Waals surface area contributed by atoms with E-state index in [0.717, 1.165) is 28.1 Å². The monoisotopic (exact) mass is 469 g/mol. The Balaban J connectivity index is 1.60. The van der Waals surface area contributed by atoms with E-state index in [-0.39, 0.29) is 12.1 Å². The smallest absolute Gasteiger partial charge is 0.318 e. The minimum absolute atomic E-state index is 0.165. The second-order valence-corrected chi connectivity index (χ2v) is 9.58. The van der Waals surface area contributed by atoms with Crippen LogP contribution >= 0.6 is 11.6 Å². The average molecular weight is 470 g/mol. The minimum atomic E-state index is -0.246. The van der Waals surface area contributed by atoms with Gasteiger partial charge in [0.25, 0.3) is 0 Å². The van der Waals surface area contributed by atoms with Gasteiger partial charge in [-0.15, -0.1) is 0 Å². The first-order valence-electron chi connectivity index (χ1n) is 11.6. The van der Waals surface area contributed by atoms with Crippen molar-refractivity contribution in [1.82, 2.24) is 9.47 Å². The number of fused-ring (bicyclic) bond motifs is 3. The Morgan fingerprint density at radius 2 is 1.76 bits per heavy atom. The summed E-state index contributed by atoms with van der Waals surface area (Å²) in [7, 11) is 0. The number of aryl methyl sites for hydroxylation is 1. The van der Waals surface area contributed by atoms with E-state index in [1.54, 1.807) is 6.07 Å². The molecule has 0 saturated heterocycles. The molecule has 5 heteroatoms. The van der Waals surface area contributed by atoms with Crippen molar-refractivity contribution in [3.8, 4) is 5.69 Å². The summed E-state index contributed by atoms with van der Waals surface area (Å²) >= 11 is 6.33. The Morgan fingerprint density at radius 3 is 2.50 bits per heavy atom. The Kier molecular flexibility index (Phi) is 5.93. The van der Waals surface area contributed by atoms with Crippen molar-refractivity contribution in [2.75, 3.05) is 5.32 Å². The van der Waals surface area contributed by atoms with E-state index < -0.39 is 0 Å². The number of para-hydroxylation sites is 1. The van der Waals surface area contributed by atoms with Gasteiger partial charge in [0.15, 0.2) is 0 Å². The van der Waals surface area contributed by atoms with Crippen molar-refractivity contribution >= 4 is 23.3 Å². The molecule has 1 N–H and O–H groups in total. The van der Waals surface area contributed by atoms with Crippen molar-refractivity contribution in [2.24, 2.45) is 0 Å². The average Bonchev–Trinajstić information content (AvgIpc) is 3.26. The fourth-order valence-electron chi connectivity index (χ4n) is 4.62. The van der Waals surface area contributed by atoms with Gasteiger partial charge in [0.2, 0.25) is 0 Å². The lowest BCUT2D eigenvalue weighted by molar-refractivity contribution is 0.194. The number of carbonyl (C=O) groups is 1. The highest BCUT2D eigenvalue weighted by molar-refractivity contribution is 6.31. The van der Waals surface area contributed by atoms with E-state index in [1.165, 1.54) is 5.56 Å². The second kappa shape index (κ2) is 9.03. The third kappa shape index (κ3) is 4.10. The number of urea groups is 1. The third-order valence-electron chi connectivity index (χ3n) is 6.57. The molecule has 1 aliphatic heterocycles. The summed E-state index contributed by atoms with van der Waals surface area (Å²) in [6.45, 7) is 6.81. The maximum atomic E-state index is 13.8. The number of carbonyl (C=O) groups excluding carboxylic acids is 1. The van der Waals surface area contributed by atoms with Crippen LogP contribution in [0.25, 0.3) is 5.69 Å². The number of hydrogen-bond acceptors (Lipinski definition) is 1. The molecule has 34 heavy (non-hydrogen) atoms. The molecule has 1 aliphatic rings. The lowest BCUT2D eigenvalue weighted by Gasteiger charge is -2.31. The van der Waals surface area contributed by atoms with E-state index in [4.69, 9.17) is 11.6 Å². The normalized spacial score (nSPS) is 15.0. The molecule has 4 aromatic rings. The van der Waals surface area contributed by atoms with Gasteiger partial charge in [0, 0.05) is 22.6 Å². The van der Waals surface area contributed by atoms with Crippen LogP contribution in [0.5, 0.6) is 0 Å². The fraction of sp³-hybridized carbons (Fsp3) is 0.207. The van der Waals surface area contributed by atoms with Crippen LogP contribution in [0.2, 0.25) is 5.02 Å². The number of anilines is 1. The van der Waals surface area contributed by atoms with Gasteiger partial charge in [-0.1, -0.05) is 74.0 Å². The molecule has 2 heterocycles. The standard InChI is InChI=1S/C29H28ClN3O/c1-19(2)21-11-13-22(14-12-21)28-27-9-6-16-32(27)26-8-5-4-7-23(26)18-33(28)29(34)31-24-15-10-20(3)25(30)17-24/h4-17,19,28H,18H2,1-3H3,(H,31,34)/t28-/m0/s1. The van der Waals surface area contributed by atoms with E-state index in [9.17, 15) is 4.79 Å². The van der Waals surface area contributed by atoms with Gasteiger partial charge in [0.1, 0.15) is 0 Å². The molecule has 5 rings (SSSR count). The molecule has 0 saturated carbocycles. The van der Waals surface area contributed by atoms with E-state index in [0.29, 0.717) is 23.2 Å². The summed E-state index contributed by atoms with van der Waals surface area (Å²) in [6.07, 6.45) is 2.07. The first kappa shape index (κ1) is 22.3. The van der Waals surface area contributed by atoms with E-state index >= 15 is 0 Å². The summed E-state index contributed by atoms with van der Waals surface area (Å²) < 4.78 is 2.20. The molecule has 0 bridgehead atoms. The second-order valence-electron chi connectivity index (χ2n) is 9.18. The maximum Gasteiger partial charge on any atom is 0.322 e. The van der Waals surface area contributed by atoms with Gasteiger partial charge in [-0.05, 0) is 65.4 Å². The number of aromatic nitrogens is 1. The maximum absolute atomic E-state index is 13.8. The minimum Gasteiger partial charge on any atom is -0.318 e. The molecule has 0 aliphatic carbocycles. The molecule has 0 spiro atoms. The molecule has 0 radical (unpaired) electrons. The SMILES string of the molecule is Cc1ccc(NC(=O)N2Cc3ccccc3-n3cccc3[C@@H]2c2ccc(C(C)C)cc2)cc1Cl. The predicted molar refractivity (Wildman–Crippen MR) is 139 cm³/mol. The van der Waals surface area contributed by atoms with Crippen LogP contribution in [-0.2, 0) is 6.54 Å². The zero-order valence-electron chi connectivity index (χ0n) is 19.6. The molecule has 0 fully saturated rings. The van der Waals surface area contributed by atoms with Crippen LogP contribution in [0.4, 0.5) is 10.5 Å². The summed E-state index contributed by atoms with van der Waals surface area (Å²) in [5.41, 5.74) is 7.26. The highest BCUT2D eigenvalue weighted by atomic mass is 35.5. The van der Waals surface area contributed by atoms with E-state index in [1.807, 2.05) is 42.2 Å². The molecule has 3 aromatic carbocycles. The number of halogens is 1. The molecular weight excluding hydrogens is 442 g/mol. The largest absolute Gasteiger partial charge is 0.322 e. The Morgan fingerprint density at radius 1 is 1.00 bits per heavy atom. The number of nitrogens with one attached hydrogen (secondary N) is 1. The zero-order chi connectivity index (χ0) is 23.8. The van der Waals surface area contributed by atoms with Gasteiger partial charge >= 0.3 is 6.03 Å². The Bertz CT molecular complexity index is 1340. The van der Waals surface area contributed by atoms with Crippen LogP contribution < -0.4 is 5.32 Å². The number of nitrogens with zero attached hydrogens (tertiary/aromatic N) is 2. The lowest BCUT2D eigenvalue weighted by atomic mass is 9.97. The van der Waals surface area contributed by atoms with Crippen LogP contribution in [0.1, 0.15) is 53.8 Å². The topological polar surface area (TPSA) is 37.3 Å². The highest BCUT2D eigenvalue weighted by Gasteiger charge is 2.33. The first-order valence-corrected chi connectivity index (χ1v) is 12.0.